The fraction of sp³-hybridized carbons (Fsp3) is 0.727. The van der Waals surface area contributed by atoms with Gasteiger partial charge in [-0.2, -0.15) is 0 Å². The summed E-state index contributed by atoms with van der Waals surface area (Å²) in [7, 11) is 1.46. The van der Waals surface area contributed by atoms with E-state index in [9.17, 15) is 14.4 Å². The van der Waals surface area contributed by atoms with Gasteiger partial charge in [0.05, 0.1) is 19.0 Å². The largest absolute Gasteiger partial charge is 0.355 e. The first-order valence-electron chi connectivity index (χ1n) is 5.88. The Morgan fingerprint density at radius 2 is 2.12 bits per heavy atom. The number of carbonyl (C=O) groups excluding carboxylic acids is 3. The van der Waals surface area contributed by atoms with Crippen LogP contribution in [0.4, 0.5) is 0 Å². The van der Waals surface area contributed by atoms with Crippen molar-refractivity contribution in [2.75, 3.05) is 20.1 Å². The zero-order valence-corrected chi connectivity index (χ0v) is 9.86. The van der Waals surface area contributed by atoms with E-state index in [1.807, 2.05) is 0 Å². The first-order valence-corrected chi connectivity index (χ1v) is 5.88. The van der Waals surface area contributed by atoms with Gasteiger partial charge in [-0.3, -0.25) is 24.6 Å². The van der Waals surface area contributed by atoms with Gasteiger partial charge in [0.15, 0.2) is 0 Å². The van der Waals surface area contributed by atoms with Crippen LogP contribution in [-0.4, -0.2) is 48.8 Å². The molecule has 1 unspecified atom stereocenters. The molecule has 0 radical (unpaired) electrons. The van der Waals surface area contributed by atoms with Gasteiger partial charge >= 0.3 is 0 Å². The van der Waals surface area contributed by atoms with Crippen molar-refractivity contribution >= 4 is 17.7 Å². The van der Waals surface area contributed by atoms with E-state index in [0.29, 0.717) is 5.92 Å². The number of rotatable bonds is 5. The topological polar surface area (TPSA) is 78.5 Å². The summed E-state index contributed by atoms with van der Waals surface area (Å²) in [5.41, 5.74) is 0. The van der Waals surface area contributed by atoms with Crippen molar-refractivity contribution < 1.29 is 14.4 Å². The number of nitrogens with zero attached hydrogens (tertiary/aromatic N) is 1. The summed E-state index contributed by atoms with van der Waals surface area (Å²) in [5, 5.41) is 5.61. The highest BCUT2D eigenvalue weighted by Gasteiger charge is 2.35. The maximum absolute atomic E-state index is 11.5. The highest BCUT2D eigenvalue weighted by atomic mass is 16.2. The van der Waals surface area contributed by atoms with Crippen molar-refractivity contribution in [3.63, 3.8) is 0 Å². The Hall–Kier alpha value is -1.43. The summed E-state index contributed by atoms with van der Waals surface area (Å²) in [4.78, 5) is 35.3. The number of hydrogen-bond donors (Lipinski definition) is 2. The summed E-state index contributed by atoms with van der Waals surface area (Å²) < 4.78 is 0. The van der Waals surface area contributed by atoms with Gasteiger partial charge in [0, 0.05) is 13.6 Å². The molecule has 0 bridgehead atoms. The van der Waals surface area contributed by atoms with Gasteiger partial charge in [0.1, 0.15) is 0 Å². The third-order valence-corrected chi connectivity index (χ3v) is 3.18. The smallest absolute Gasteiger partial charge is 0.246 e. The van der Waals surface area contributed by atoms with E-state index < -0.39 is 6.04 Å². The maximum Gasteiger partial charge on any atom is 0.246 e. The minimum Gasteiger partial charge on any atom is -0.355 e. The molecule has 1 aliphatic carbocycles. The van der Waals surface area contributed by atoms with Crippen LogP contribution >= 0.6 is 0 Å². The van der Waals surface area contributed by atoms with Crippen molar-refractivity contribution in [2.45, 2.75) is 25.3 Å². The van der Waals surface area contributed by atoms with Crippen LogP contribution in [0.25, 0.3) is 0 Å². The molecule has 2 N–H and O–H groups in total. The predicted molar refractivity (Wildman–Crippen MR) is 59.9 cm³/mol. The molecule has 2 aliphatic rings. The third kappa shape index (κ3) is 3.03. The van der Waals surface area contributed by atoms with E-state index in [0.717, 1.165) is 11.4 Å². The molecule has 0 aromatic rings. The number of imide groups is 1. The van der Waals surface area contributed by atoms with Gasteiger partial charge in [-0.05, 0) is 18.8 Å². The molecule has 1 heterocycles. The zero-order chi connectivity index (χ0) is 12.4. The molecule has 6 heteroatoms. The Kier molecular flexibility index (Phi) is 3.42. The minimum absolute atomic E-state index is 0.0875. The van der Waals surface area contributed by atoms with Crippen LogP contribution in [0.5, 0.6) is 0 Å². The Bertz CT molecular complexity index is 352. The number of nitrogens with one attached hydrogen (secondary N) is 2. The minimum atomic E-state index is -0.542. The van der Waals surface area contributed by atoms with E-state index in [1.165, 1.54) is 19.9 Å². The zero-order valence-electron chi connectivity index (χ0n) is 9.86. The number of carbonyl (C=O) groups is 3. The molecular weight excluding hydrogens is 222 g/mol. The summed E-state index contributed by atoms with van der Waals surface area (Å²) in [5.74, 6) is 0.0577. The molecule has 2 fully saturated rings. The second-order valence-electron chi connectivity index (χ2n) is 4.68. The second kappa shape index (κ2) is 4.83. The van der Waals surface area contributed by atoms with Crippen molar-refractivity contribution in [1.82, 2.24) is 15.5 Å². The Labute approximate surface area is 99.7 Å². The van der Waals surface area contributed by atoms with Gasteiger partial charge < -0.3 is 5.32 Å². The fourth-order valence-electron chi connectivity index (χ4n) is 1.77. The van der Waals surface area contributed by atoms with E-state index in [1.54, 1.807) is 0 Å². The molecule has 1 aliphatic heterocycles. The van der Waals surface area contributed by atoms with Crippen LogP contribution in [0.15, 0.2) is 0 Å². The lowest BCUT2D eigenvalue weighted by molar-refractivity contribution is -0.137. The summed E-state index contributed by atoms with van der Waals surface area (Å²) in [6.07, 6.45) is 2.52. The Balaban J connectivity index is 1.68. The Morgan fingerprint density at radius 3 is 2.65 bits per heavy atom. The highest BCUT2D eigenvalue weighted by molar-refractivity contribution is 6.05. The van der Waals surface area contributed by atoms with Crippen LogP contribution in [0.2, 0.25) is 0 Å². The highest BCUT2D eigenvalue weighted by Crippen LogP contribution is 2.27. The monoisotopic (exact) mass is 239 g/mol. The molecule has 3 amide bonds. The van der Waals surface area contributed by atoms with E-state index in [2.05, 4.69) is 10.6 Å². The van der Waals surface area contributed by atoms with E-state index in [4.69, 9.17) is 0 Å². The van der Waals surface area contributed by atoms with E-state index in [-0.39, 0.29) is 30.7 Å². The van der Waals surface area contributed by atoms with Crippen LogP contribution in [0.3, 0.4) is 0 Å². The van der Waals surface area contributed by atoms with Gasteiger partial charge in [0.2, 0.25) is 17.7 Å². The van der Waals surface area contributed by atoms with Crippen molar-refractivity contribution in [1.29, 1.82) is 0 Å². The normalized spacial score (nSPS) is 24.3. The predicted octanol–water partition coefficient (Wildman–Crippen LogP) is -1.14. The lowest BCUT2D eigenvalue weighted by atomic mass is 10.2. The molecule has 0 aromatic carbocycles. The van der Waals surface area contributed by atoms with Crippen LogP contribution in [0, 0.1) is 5.92 Å². The lowest BCUT2D eigenvalue weighted by Gasteiger charge is -2.10. The van der Waals surface area contributed by atoms with Crippen molar-refractivity contribution in [2.24, 2.45) is 5.92 Å². The lowest BCUT2D eigenvalue weighted by Crippen LogP contribution is -2.43. The molecule has 6 nitrogen and oxygen atoms in total. The van der Waals surface area contributed by atoms with Gasteiger partial charge in [-0.25, -0.2) is 0 Å². The van der Waals surface area contributed by atoms with Gasteiger partial charge in [0.25, 0.3) is 0 Å². The van der Waals surface area contributed by atoms with Crippen LogP contribution < -0.4 is 10.6 Å². The molecule has 2 rings (SSSR count). The van der Waals surface area contributed by atoms with Crippen LogP contribution in [0.1, 0.15) is 19.3 Å². The number of likely N-dealkylation sites (N-methyl/N-ethyl adjacent to an activating group) is 1. The summed E-state index contributed by atoms with van der Waals surface area (Å²) in [6, 6.07) is -0.542. The third-order valence-electron chi connectivity index (χ3n) is 3.18. The van der Waals surface area contributed by atoms with Crippen LogP contribution in [-0.2, 0) is 14.4 Å². The number of likely N-dealkylation sites (tertiary alicyclic amines) is 1. The molecule has 94 valence electrons. The average molecular weight is 239 g/mol. The summed E-state index contributed by atoms with van der Waals surface area (Å²) in [6.45, 7) is 0.808. The van der Waals surface area contributed by atoms with Gasteiger partial charge in [-0.15, -0.1) is 0 Å². The number of hydrogen-bond acceptors (Lipinski definition) is 4. The average Bonchev–Trinajstić information content (AvgIpc) is 3.09. The molecule has 0 spiro atoms. The molecule has 0 aromatic heterocycles. The van der Waals surface area contributed by atoms with Gasteiger partial charge in [-0.1, -0.05) is 0 Å². The van der Waals surface area contributed by atoms with E-state index >= 15 is 0 Å². The maximum atomic E-state index is 11.5. The first-order chi connectivity index (χ1) is 8.08. The van der Waals surface area contributed by atoms with Crippen molar-refractivity contribution in [3.05, 3.63) is 0 Å². The van der Waals surface area contributed by atoms with Crippen molar-refractivity contribution in [3.8, 4) is 0 Å². The fourth-order valence-corrected chi connectivity index (χ4v) is 1.77. The molecular formula is C11H17N3O3. The molecule has 1 saturated heterocycles. The standard InChI is InChI=1S/C11H17N3O3/c1-14-10(16)4-8(11(14)17)12-6-9(15)13-5-7-2-3-7/h7-8,12H,2-6H2,1H3,(H,13,15). The Morgan fingerprint density at radius 1 is 1.41 bits per heavy atom. The quantitative estimate of drug-likeness (QED) is 0.594. The number of amides is 3. The molecule has 1 saturated carbocycles. The summed E-state index contributed by atoms with van der Waals surface area (Å²) >= 11 is 0. The molecule has 17 heavy (non-hydrogen) atoms. The first kappa shape index (κ1) is 12.0. The molecule has 1 atom stereocenters. The second-order valence-corrected chi connectivity index (χ2v) is 4.68. The SMILES string of the molecule is CN1C(=O)CC(NCC(=O)NCC2CC2)C1=O.